The summed E-state index contributed by atoms with van der Waals surface area (Å²) in [6.45, 7) is 6.09. The lowest BCUT2D eigenvalue weighted by Gasteiger charge is -2.24. The molecule has 1 aromatic heterocycles. The number of aromatic nitrogens is 1. The molecule has 104 valence electrons. The molecule has 1 N–H and O–H groups in total. The van der Waals surface area contributed by atoms with Gasteiger partial charge in [0.2, 0.25) is 5.91 Å². The topological polar surface area (TPSA) is 42.0 Å². The summed E-state index contributed by atoms with van der Waals surface area (Å²) in [5.74, 6) is 0.627. The van der Waals surface area contributed by atoms with Crippen LogP contribution in [0.25, 0.3) is 0 Å². The standard InChI is InChI=1S/C17H20N2O/c1-13-8-7-11-18-16(13)19-15(20)12-17(2,3)14-9-5-4-6-10-14/h4-11H,12H2,1-3H3,(H,18,19,20). The lowest BCUT2D eigenvalue weighted by Crippen LogP contribution is -2.26. The number of benzene rings is 1. The molecule has 0 unspecified atom stereocenters. The third-order valence-corrected chi connectivity index (χ3v) is 3.43. The Morgan fingerprint density at radius 1 is 1.15 bits per heavy atom. The summed E-state index contributed by atoms with van der Waals surface area (Å²) >= 11 is 0. The van der Waals surface area contributed by atoms with Crippen LogP contribution < -0.4 is 5.32 Å². The molecule has 3 heteroatoms. The van der Waals surface area contributed by atoms with E-state index in [2.05, 4.69) is 36.3 Å². The van der Waals surface area contributed by atoms with Crippen LogP contribution in [-0.4, -0.2) is 10.9 Å². The van der Waals surface area contributed by atoms with Crippen molar-refractivity contribution in [3.63, 3.8) is 0 Å². The van der Waals surface area contributed by atoms with Crippen LogP contribution in [0, 0.1) is 6.92 Å². The molecule has 0 aliphatic heterocycles. The molecule has 1 heterocycles. The van der Waals surface area contributed by atoms with E-state index in [0.29, 0.717) is 12.2 Å². The Balaban J connectivity index is 2.07. The zero-order chi connectivity index (χ0) is 14.6. The summed E-state index contributed by atoms with van der Waals surface area (Å²) in [5.41, 5.74) is 1.93. The number of nitrogens with zero attached hydrogens (tertiary/aromatic N) is 1. The predicted octanol–water partition coefficient (Wildman–Crippen LogP) is 3.70. The summed E-state index contributed by atoms with van der Waals surface area (Å²) in [5, 5.41) is 2.89. The zero-order valence-corrected chi connectivity index (χ0v) is 12.2. The van der Waals surface area contributed by atoms with E-state index in [1.165, 1.54) is 0 Å². The Bertz CT molecular complexity index is 591. The minimum atomic E-state index is -0.200. The molecule has 0 radical (unpaired) electrons. The van der Waals surface area contributed by atoms with Crippen molar-refractivity contribution in [2.75, 3.05) is 5.32 Å². The van der Waals surface area contributed by atoms with Gasteiger partial charge in [0.1, 0.15) is 5.82 Å². The highest BCUT2D eigenvalue weighted by Crippen LogP contribution is 2.27. The van der Waals surface area contributed by atoms with E-state index < -0.39 is 0 Å². The summed E-state index contributed by atoms with van der Waals surface area (Å²) in [6.07, 6.45) is 2.11. The number of carbonyl (C=O) groups is 1. The van der Waals surface area contributed by atoms with Crippen LogP contribution in [0.1, 0.15) is 31.4 Å². The number of rotatable bonds is 4. The summed E-state index contributed by atoms with van der Waals surface area (Å²) in [4.78, 5) is 16.4. The van der Waals surface area contributed by atoms with E-state index in [4.69, 9.17) is 0 Å². The molecule has 1 aromatic carbocycles. The van der Waals surface area contributed by atoms with Crippen molar-refractivity contribution in [1.82, 2.24) is 4.98 Å². The number of carbonyl (C=O) groups excluding carboxylic acids is 1. The summed E-state index contributed by atoms with van der Waals surface area (Å²) in [6, 6.07) is 13.9. The van der Waals surface area contributed by atoms with Crippen molar-refractivity contribution < 1.29 is 4.79 Å². The van der Waals surface area contributed by atoms with Gasteiger partial charge in [0.15, 0.2) is 0 Å². The maximum atomic E-state index is 12.2. The second-order valence-electron chi connectivity index (χ2n) is 5.64. The molecule has 0 aliphatic carbocycles. The number of hydrogen-bond donors (Lipinski definition) is 1. The van der Waals surface area contributed by atoms with Gasteiger partial charge in [-0.05, 0) is 29.5 Å². The smallest absolute Gasteiger partial charge is 0.226 e. The second-order valence-corrected chi connectivity index (χ2v) is 5.64. The van der Waals surface area contributed by atoms with Gasteiger partial charge in [-0.25, -0.2) is 4.98 Å². The zero-order valence-electron chi connectivity index (χ0n) is 12.2. The summed E-state index contributed by atoms with van der Waals surface area (Å²) in [7, 11) is 0. The van der Waals surface area contributed by atoms with E-state index in [0.717, 1.165) is 11.1 Å². The van der Waals surface area contributed by atoms with Gasteiger partial charge in [-0.15, -0.1) is 0 Å². The van der Waals surface area contributed by atoms with Gasteiger partial charge >= 0.3 is 0 Å². The molecule has 20 heavy (non-hydrogen) atoms. The van der Waals surface area contributed by atoms with Crippen molar-refractivity contribution in [2.24, 2.45) is 0 Å². The lowest BCUT2D eigenvalue weighted by molar-refractivity contribution is -0.117. The van der Waals surface area contributed by atoms with Crippen LogP contribution in [-0.2, 0) is 10.2 Å². The van der Waals surface area contributed by atoms with E-state index in [9.17, 15) is 4.79 Å². The maximum Gasteiger partial charge on any atom is 0.226 e. The Morgan fingerprint density at radius 2 is 1.85 bits per heavy atom. The highest BCUT2D eigenvalue weighted by Gasteiger charge is 2.24. The number of pyridine rings is 1. The van der Waals surface area contributed by atoms with Crippen LogP contribution in [0.4, 0.5) is 5.82 Å². The largest absolute Gasteiger partial charge is 0.310 e. The fraction of sp³-hybridized carbons (Fsp3) is 0.294. The van der Waals surface area contributed by atoms with Crippen molar-refractivity contribution in [1.29, 1.82) is 0 Å². The van der Waals surface area contributed by atoms with Crippen LogP contribution in [0.15, 0.2) is 48.7 Å². The molecule has 3 nitrogen and oxygen atoms in total. The van der Waals surface area contributed by atoms with Gasteiger partial charge in [0.05, 0.1) is 0 Å². The number of nitrogens with one attached hydrogen (secondary N) is 1. The van der Waals surface area contributed by atoms with Gasteiger partial charge in [-0.1, -0.05) is 50.2 Å². The molecular weight excluding hydrogens is 248 g/mol. The monoisotopic (exact) mass is 268 g/mol. The van der Waals surface area contributed by atoms with Gasteiger partial charge in [0, 0.05) is 12.6 Å². The van der Waals surface area contributed by atoms with E-state index in [1.54, 1.807) is 6.20 Å². The molecule has 0 spiro atoms. The Morgan fingerprint density at radius 3 is 2.50 bits per heavy atom. The van der Waals surface area contributed by atoms with Gasteiger partial charge < -0.3 is 5.32 Å². The first kappa shape index (κ1) is 14.3. The van der Waals surface area contributed by atoms with Crippen LogP contribution in [0.5, 0.6) is 0 Å². The maximum absolute atomic E-state index is 12.2. The number of anilines is 1. The SMILES string of the molecule is Cc1cccnc1NC(=O)CC(C)(C)c1ccccc1. The molecular formula is C17H20N2O. The minimum absolute atomic E-state index is 0.0133. The normalized spacial score (nSPS) is 11.2. The van der Waals surface area contributed by atoms with E-state index >= 15 is 0 Å². The number of hydrogen-bond acceptors (Lipinski definition) is 2. The molecule has 0 saturated carbocycles. The lowest BCUT2D eigenvalue weighted by atomic mass is 9.81. The molecule has 2 rings (SSSR count). The van der Waals surface area contributed by atoms with Crippen molar-refractivity contribution in [3.05, 3.63) is 59.8 Å². The second kappa shape index (κ2) is 5.87. The van der Waals surface area contributed by atoms with Crippen molar-refractivity contribution in [3.8, 4) is 0 Å². The molecule has 1 amide bonds. The van der Waals surface area contributed by atoms with Crippen molar-refractivity contribution in [2.45, 2.75) is 32.6 Å². The average molecular weight is 268 g/mol. The fourth-order valence-electron chi connectivity index (χ4n) is 2.19. The Labute approximate surface area is 120 Å². The molecule has 0 saturated heterocycles. The third-order valence-electron chi connectivity index (χ3n) is 3.43. The molecule has 0 fully saturated rings. The average Bonchev–Trinajstić information content (AvgIpc) is 2.42. The van der Waals surface area contributed by atoms with Crippen LogP contribution in [0.3, 0.4) is 0 Å². The van der Waals surface area contributed by atoms with E-state index in [-0.39, 0.29) is 11.3 Å². The first-order valence-electron chi connectivity index (χ1n) is 6.76. The van der Waals surface area contributed by atoms with Crippen molar-refractivity contribution >= 4 is 11.7 Å². The van der Waals surface area contributed by atoms with Crippen LogP contribution >= 0.6 is 0 Å². The summed E-state index contributed by atoms with van der Waals surface area (Å²) < 4.78 is 0. The van der Waals surface area contributed by atoms with E-state index in [1.807, 2.05) is 37.3 Å². The quantitative estimate of drug-likeness (QED) is 0.918. The highest BCUT2D eigenvalue weighted by atomic mass is 16.1. The first-order chi connectivity index (χ1) is 9.49. The predicted molar refractivity (Wildman–Crippen MR) is 81.7 cm³/mol. The first-order valence-corrected chi connectivity index (χ1v) is 6.76. The minimum Gasteiger partial charge on any atom is -0.310 e. The Hall–Kier alpha value is -2.16. The van der Waals surface area contributed by atoms with Crippen LogP contribution in [0.2, 0.25) is 0 Å². The fourth-order valence-corrected chi connectivity index (χ4v) is 2.19. The molecule has 0 bridgehead atoms. The van der Waals surface area contributed by atoms with Gasteiger partial charge in [-0.2, -0.15) is 0 Å². The number of amides is 1. The van der Waals surface area contributed by atoms with Gasteiger partial charge in [-0.3, -0.25) is 4.79 Å². The molecule has 0 atom stereocenters. The number of aryl methyl sites for hydroxylation is 1. The molecule has 0 aliphatic rings. The van der Waals surface area contributed by atoms with Gasteiger partial charge in [0.25, 0.3) is 0 Å². The Kier molecular flexibility index (Phi) is 4.18. The third kappa shape index (κ3) is 3.44. The highest BCUT2D eigenvalue weighted by molar-refractivity contribution is 5.91. The molecule has 2 aromatic rings.